The average molecular weight is 321 g/mol. The van der Waals surface area contributed by atoms with Crippen LogP contribution in [0.3, 0.4) is 0 Å². The lowest BCUT2D eigenvalue weighted by Gasteiger charge is -2.07. The van der Waals surface area contributed by atoms with E-state index in [-0.39, 0.29) is 5.02 Å². The largest absolute Gasteiger partial charge is 0.417 e. The minimum atomic E-state index is -4.37. The number of halogens is 5. The molecule has 1 nitrogen and oxygen atoms in total. The fourth-order valence-corrected chi connectivity index (χ4v) is 1.79. The number of hydrogen-bond donors (Lipinski definition) is 0. The van der Waals surface area contributed by atoms with E-state index in [0.717, 1.165) is 12.3 Å². The van der Waals surface area contributed by atoms with Crippen LogP contribution >= 0.6 is 34.2 Å². The first-order valence-electron chi connectivity index (χ1n) is 3.22. The Bertz CT molecular complexity index is 313. The number of aromatic nitrogens is 1. The third kappa shape index (κ3) is 2.70. The molecule has 0 fully saturated rings. The molecular weight excluding hydrogens is 317 g/mol. The number of hydrogen-bond acceptors (Lipinski definition) is 1. The zero-order valence-electron chi connectivity index (χ0n) is 6.20. The van der Waals surface area contributed by atoms with Gasteiger partial charge in [0.2, 0.25) is 0 Å². The van der Waals surface area contributed by atoms with Gasteiger partial charge in [-0.25, -0.2) is 0 Å². The van der Waals surface area contributed by atoms with E-state index in [1.54, 1.807) is 0 Å². The smallest absolute Gasteiger partial charge is 0.258 e. The zero-order valence-corrected chi connectivity index (χ0v) is 9.11. The van der Waals surface area contributed by atoms with Gasteiger partial charge in [0.1, 0.15) is 0 Å². The van der Waals surface area contributed by atoms with Crippen molar-refractivity contribution in [2.75, 3.05) is 0 Å². The van der Waals surface area contributed by atoms with Gasteiger partial charge in [-0.1, -0.05) is 34.2 Å². The first kappa shape index (κ1) is 11.0. The first-order valence-corrected chi connectivity index (χ1v) is 5.13. The van der Waals surface area contributed by atoms with E-state index in [1.807, 2.05) is 22.6 Å². The molecule has 0 N–H and O–H groups in total. The van der Waals surface area contributed by atoms with Crippen molar-refractivity contribution < 1.29 is 13.2 Å². The maximum absolute atomic E-state index is 12.1. The molecular formula is C7H4ClF3IN. The molecule has 0 aliphatic rings. The third-order valence-corrected chi connectivity index (χ3v) is 2.42. The molecule has 0 saturated carbocycles. The second-order valence-electron chi connectivity index (χ2n) is 2.28. The molecule has 72 valence electrons. The fourth-order valence-electron chi connectivity index (χ4n) is 0.720. The second-order valence-corrected chi connectivity index (χ2v) is 3.45. The van der Waals surface area contributed by atoms with Crippen molar-refractivity contribution in [1.29, 1.82) is 0 Å². The molecule has 1 rings (SSSR count). The SMILES string of the molecule is FC(F)(F)c1cnc(CI)c(Cl)c1. The number of alkyl halides is 4. The Kier molecular flexibility index (Phi) is 3.39. The number of rotatable bonds is 1. The van der Waals surface area contributed by atoms with Crippen LogP contribution in [0.4, 0.5) is 13.2 Å². The molecule has 0 unspecified atom stereocenters. The van der Waals surface area contributed by atoms with Gasteiger partial charge in [0.25, 0.3) is 0 Å². The Morgan fingerprint density at radius 1 is 1.46 bits per heavy atom. The maximum atomic E-state index is 12.1. The molecule has 0 saturated heterocycles. The van der Waals surface area contributed by atoms with Gasteiger partial charge in [0, 0.05) is 10.6 Å². The van der Waals surface area contributed by atoms with Crippen LogP contribution in [0.25, 0.3) is 0 Å². The van der Waals surface area contributed by atoms with Crippen molar-refractivity contribution in [3.05, 3.63) is 28.5 Å². The Labute approximate surface area is 91.4 Å². The van der Waals surface area contributed by atoms with Gasteiger partial charge in [-0.05, 0) is 6.07 Å². The van der Waals surface area contributed by atoms with Gasteiger partial charge in [-0.2, -0.15) is 13.2 Å². The molecule has 1 aromatic rings. The van der Waals surface area contributed by atoms with Crippen molar-refractivity contribution >= 4 is 34.2 Å². The Morgan fingerprint density at radius 3 is 2.46 bits per heavy atom. The summed E-state index contributed by atoms with van der Waals surface area (Å²) in [5, 5.41) is 0.0595. The van der Waals surface area contributed by atoms with Crippen LogP contribution in [0.5, 0.6) is 0 Å². The molecule has 6 heteroatoms. The molecule has 0 aliphatic heterocycles. The molecule has 0 radical (unpaired) electrons. The summed E-state index contributed by atoms with van der Waals surface area (Å²) < 4.78 is 36.8. The summed E-state index contributed by atoms with van der Waals surface area (Å²) in [6, 6.07) is 0.891. The second kappa shape index (κ2) is 4.00. The molecule has 0 bridgehead atoms. The summed E-state index contributed by atoms with van der Waals surface area (Å²) in [4.78, 5) is 3.60. The molecule has 13 heavy (non-hydrogen) atoms. The molecule has 0 aromatic carbocycles. The van der Waals surface area contributed by atoms with E-state index in [1.165, 1.54) is 0 Å². The molecule has 0 aliphatic carbocycles. The van der Waals surface area contributed by atoms with Crippen LogP contribution in [0, 0.1) is 0 Å². The van der Waals surface area contributed by atoms with Crippen LogP contribution in [0.1, 0.15) is 11.3 Å². The topological polar surface area (TPSA) is 12.9 Å². The lowest BCUT2D eigenvalue weighted by Crippen LogP contribution is -2.06. The summed E-state index contributed by atoms with van der Waals surface area (Å²) >= 11 is 7.55. The van der Waals surface area contributed by atoms with E-state index in [4.69, 9.17) is 11.6 Å². The summed E-state index contributed by atoms with van der Waals surface area (Å²) in [6.45, 7) is 0. The van der Waals surface area contributed by atoms with Crippen molar-refractivity contribution in [3.8, 4) is 0 Å². The van der Waals surface area contributed by atoms with Gasteiger partial charge >= 0.3 is 6.18 Å². The Hall–Kier alpha value is -0.0400. The summed E-state index contributed by atoms with van der Waals surface area (Å²) in [6.07, 6.45) is -3.58. The monoisotopic (exact) mass is 321 g/mol. The van der Waals surface area contributed by atoms with Crippen LogP contribution in [-0.2, 0) is 10.6 Å². The summed E-state index contributed by atoms with van der Waals surface area (Å²) in [5.74, 6) is 0. The van der Waals surface area contributed by atoms with Crippen LogP contribution < -0.4 is 0 Å². The molecule has 0 spiro atoms. The fraction of sp³-hybridized carbons (Fsp3) is 0.286. The van der Waals surface area contributed by atoms with Gasteiger partial charge in [0.05, 0.1) is 16.3 Å². The van der Waals surface area contributed by atoms with Crippen LogP contribution in [0.15, 0.2) is 12.3 Å². The predicted molar refractivity (Wildman–Crippen MR) is 52.0 cm³/mol. The maximum Gasteiger partial charge on any atom is 0.417 e. The van der Waals surface area contributed by atoms with Crippen molar-refractivity contribution in [2.24, 2.45) is 0 Å². The van der Waals surface area contributed by atoms with E-state index in [2.05, 4.69) is 4.98 Å². The van der Waals surface area contributed by atoms with Crippen LogP contribution in [-0.4, -0.2) is 4.98 Å². The van der Waals surface area contributed by atoms with E-state index < -0.39 is 11.7 Å². The molecule has 1 aromatic heterocycles. The van der Waals surface area contributed by atoms with Gasteiger partial charge in [0.15, 0.2) is 0 Å². The van der Waals surface area contributed by atoms with E-state index in [9.17, 15) is 13.2 Å². The van der Waals surface area contributed by atoms with Gasteiger partial charge < -0.3 is 0 Å². The standard InChI is InChI=1S/C7H4ClF3IN/c8-5-1-4(7(9,10)11)3-13-6(5)2-12/h1,3H,2H2. The molecule has 0 atom stereocenters. The minimum Gasteiger partial charge on any atom is -0.258 e. The lowest BCUT2D eigenvalue weighted by molar-refractivity contribution is -0.137. The van der Waals surface area contributed by atoms with Gasteiger partial charge in [-0.3, -0.25) is 4.98 Å². The third-order valence-electron chi connectivity index (χ3n) is 1.37. The normalized spacial score (nSPS) is 11.8. The summed E-state index contributed by atoms with van der Waals surface area (Å²) in [5.41, 5.74) is -0.346. The predicted octanol–water partition coefficient (Wildman–Crippen LogP) is 3.69. The zero-order chi connectivity index (χ0) is 10.1. The lowest BCUT2D eigenvalue weighted by atomic mass is 10.2. The highest BCUT2D eigenvalue weighted by molar-refractivity contribution is 14.1. The van der Waals surface area contributed by atoms with E-state index >= 15 is 0 Å². The Balaban J connectivity index is 3.10. The van der Waals surface area contributed by atoms with Gasteiger partial charge in [-0.15, -0.1) is 0 Å². The highest BCUT2D eigenvalue weighted by Gasteiger charge is 2.31. The highest BCUT2D eigenvalue weighted by Crippen LogP contribution is 2.31. The summed E-state index contributed by atoms with van der Waals surface area (Å²) in [7, 11) is 0. The van der Waals surface area contributed by atoms with Crippen molar-refractivity contribution in [3.63, 3.8) is 0 Å². The average Bonchev–Trinajstić information content (AvgIpc) is 2.02. The van der Waals surface area contributed by atoms with E-state index in [0.29, 0.717) is 10.1 Å². The molecule has 0 amide bonds. The van der Waals surface area contributed by atoms with Crippen LogP contribution in [0.2, 0.25) is 5.02 Å². The first-order chi connectivity index (χ1) is 5.95. The quantitative estimate of drug-likeness (QED) is 0.568. The van der Waals surface area contributed by atoms with Crippen molar-refractivity contribution in [2.45, 2.75) is 10.6 Å². The molecule has 1 heterocycles. The Morgan fingerprint density at radius 2 is 2.08 bits per heavy atom. The number of nitrogens with zero attached hydrogens (tertiary/aromatic N) is 1. The highest BCUT2D eigenvalue weighted by atomic mass is 127. The van der Waals surface area contributed by atoms with Crippen molar-refractivity contribution in [1.82, 2.24) is 4.98 Å². The number of pyridine rings is 1. The minimum absolute atomic E-state index is 0.0595.